The lowest BCUT2D eigenvalue weighted by Crippen LogP contribution is -2.29. The average molecular weight is 363 g/mol. The topological polar surface area (TPSA) is 38.3 Å². The Morgan fingerprint density at radius 1 is 1.45 bits per heavy atom. The molecule has 0 bridgehead atoms. The minimum absolute atomic E-state index is 0.116. The molecule has 1 aromatic rings. The molecule has 0 radical (unpaired) electrons. The van der Waals surface area contributed by atoms with Crippen LogP contribution in [-0.4, -0.2) is 24.9 Å². The van der Waals surface area contributed by atoms with E-state index >= 15 is 0 Å². The third-order valence-corrected chi connectivity index (χ3v) is 3.87. The zero-order chi connectivity index (χ0) is 15.0. The smallest absolute Gasteiger partial charge is 0.255 e. The maximum atomic E-state index is 12.2. The van der Waals surface area contributed by atoms with Crippen LogP contribution in [-0.2, 0) is 0 Å². The number of alkyl halides is 1. The Labute approximate surface area is 134 Å². The first-order valence-electron chi connectivity index (χ1n) is 6.80. The molecule has 1 atom stereocenters. The van der Waals surface area contributed by atoms with Gasteiger partial charge in [-0.25, -0.2) is 0 Å². The molecule has 0 saturated heterocycles. The molecule has 20 heavy (non-hydrogen) atoms. The summed E-state index contributed by atoms with van der Waals surface area (Å²) >= 11 is 9.35. The molecule has 1 unspecified atom stereocenters. The summed E-state index contributed by atoms with van der Waals surface area (Å²) in [6, 6.07) is 5.04. The molecule has 0 saturated carbocycles. The molecule has 0 spiro atoms. The molecule has 1 aromatic carbocycles. The van der Waals surface area contributed by atoms with E-state index in [2.05, 4.69) is 28.2 Å². The molecule has 112 valence electrons. The number of hydrogen-bond acceptors (Lipinski definition) is 2. The van der Waals surface area contributed by atoms with Crippen molar-refractivity contribution in [3.8, 4) is 5.75 Å². The van der Waals surface area contributed by atoms with Gasteiger partial charge >= 0.3 is 0 Å². The van der Waals surface area contributed by atoms with Gasteiger partial charge in [0.15, 0.2) is 0 Å². The molecule has 0 aliphatic heterocycles. The Bertz CT molecular complexity index is 434. The van der Waals surface area contributed by atoms with E-state index in [9.17, 15) is 4.79 Å². The number of carbonyl (C=O) groups is 1. The molecule has 0 aliphatic carbocycles. The number of ether oxygens (including phenoxy) is 1. The number of hydrogen-bond donors (Lipinski definition) is 1. The Kier molecular flexibility index (Phi) is 8.00. The number of amides is 1. The van der Waals surface area contributed by atoms with E-state index in [0.29, 0.717) is 28.8 Å². The van der Waals surface area contributed by atoms with Crippen LogP contribution in [0.4, 0.5) is 0 Å². The van der Waals surface area contributed by atoms with Gasteiger partial charge in [-0.15, -0.1) is 0 Å². The second kappa shape index (κ2) is 9.24. The van der Waals surface area contributed by atoms with Crippen molar-refractivity contribution in [3.63, 3.8) is 0 Å². The molecule has 0 aliphatic rings. The molecule has 1 N–H and O–H groups in total. The Morgan fingerprint density at radius 3 is 2.80 bits per heavy atom. The van der Waals surface area contributed by atoms with Crippen molar-refractivity contribution in [1.29, 1.82) is 0 Å². The van der Waals surface area contributed by atoms with Crippen molar-refractivity contribution in [3.05, 3.63) is 28.8 Å². The Morgan fingerprint density at radius 2 is 2.20 bits per heavy atom. The molecule has 3 nitrogen and oxygen atoms in total. The van der Waals surface area contributed by atoms with Gasteiger partial charge in [-0.1, -0.05) is 40.9 Å². The average Bonchev–Trinajstić information content (AvgIpc) is 2.44. The highest BCUT2D eigenvalue weighted by molar-refractivity contribution is 9.09. The number of rotatable bonds is 8. The number of halogens is 2. The number of methoxy groups -OCH3 is 1. The summed E-state index contributed by atoms with van der Waals surface area (Å²) < 4.78 is 5.20. The van der Waals surface area contributed by atoms with Crippen molar-refractivity contribution in [1.82, 2.24) is 5.32 Å². The maximum absolute atomic E-state index is 12.2. The van der Waals surface area contributed by atoms with Crippen molar-refractivity contribution in [2.45, 2.75) is 26.2 Å². The predicted octanol–water partition coefficient (Wildman–Crippen LogP) is 4.28. The minimum Gasteiger partial charge on any atom is -0.496 e. The summed E-state index contributed by atoms with van der Waals surface area (Å²) in [6.45, 7) is 2.84. The molecular weight excluding hydrogens is 342 g/mol. The van der Waals surface area contributed by atoms with Gasteiger partial charge in [0.2, 0.25) is 0 Å². The van der Waals surface area contributed by atoms with E-state index in [1.54, 1.807) is 18.2 Å². The zero-order valence-electron chi connectivity index (χ0n) is 11.9. The van der Waals surface area contributed by atoms with Crippen LogP contribution in [0.5, 0.6) is 5.75 Å². The fourth-order valence-corrected chi connectivity index (χ4v) is 2.91. The second-order valence-corrected chi connectivity index (χ2v) is 5.92. The van der Waals surface area contributed by atoms with E-state index in [1.807, 2.05) is 0 Å². The van der Waals surface area contributed by atoms with Gasteiger partial charge in [0.1, 0.15) is 5.75 Å². The molecule has 0 aromatic heterocycles. The molecule has 0 fully saturated rings. The van der Waals surface area contributed by atoms with Gasteiger partial charge in [-0.3, -0.25) is 4.79 Å². The van der Waals surface area contributed by atoms with Gasteiger partial charge in [0.05, 0.1) is 12.7 Å². The summed E-state index contributed by atoms with van der Waals surface area (Å²) in [4.78, 5) is 12.2. The van der Waals surface area contributed by atoms with Crippen LogP contribution >= 0.6 is 27.5 Å². The van der Waals surface area contributed by atoms with Crippen molar-refractivity contribution >= 4 is 33.4 Å². The van der Waals surface area contributed by atoms with Crippen LogP contribution in [0.2, 0.25) is 5.02 Å². The van der Waals surface area contributed by atoms with Crippen LogP contribution in [0.3, 0.4) is 0 Å². The quantitative estimate of drug-likeness (QED) is 0.701. The second-order valence-electron chi connectivity index (χ2n) is 4.69. The number of carbonyl (C=O) groups excluding carboxylic acids is 1. The summed E-state index contributed by atoms with van der Waals surface area (Å²) in [5, 5.41) is 4.49. The van der Waals surface area contributed by atoms with E-state index in [0.717, 1.165) is 24.6 Å². The van der Waals surface area contributed by atoms with Gasteiger partial charge in [-0.2, -0.15) is 0 Å². The summed E-state index contributed by atoms with van der Waals surface area (Å²) in [6.07, 6.45) is 3.30. The number of benzene rings is 1. The number of nitrogens with one attached hydrogen (secondary N) is 1. The van der Waals surface area contributed by atoms with E-state index < -0.39 is 0 Å². The normalized spacial score (nSPS) is 12.0. The van der Waals surface area contributed by atoms with Crippen molar-refractivity contribution in [2.24, 2.45) is 5.92 Å². The zero-order valence-corrected chi connectivity index (χ0v) is 14.3. The lowest BCUT2D eigenvalue weighted by atomic mass is 10.0. The fourth-order valence-electron chi connectivity index (χ4n) is 2.10. The summed E-state index contributed by atoms with van der Waals surface area (Å²) in [5.74, 6) is 0.887. The molecule has 1 rings (SSSR count). The molecule has 5 heteroatoms. The fraction of sp³-hybridized carbons (Fsp3) is 0.533. The lowest BCUT2D eigenvalue weighted by molar-refractivity contribution is 0.0943. The molecular formula is C15H21BrClNO2. The van der Waals surface area contributed by atoms with Gasteiger partial charge in [0.25, 0.3) is 5.91 Å². The third kappa shape index (κ3) is 5.33. The highest BCUT2D eigenvalue weighted by Gasteiger charge is 2.14. The van der Waals surface area contributed by atoms with Crippen LogP contribution in [0.1, 0.15) is 36.5 Å². The Balaban J connectivity index is 2.66. The first-order valence-corrected chi connectivity index (χ1v) is 8.30. The summed E-state index contributed by atoms with van der Waals surface area (Å²) in [7, 11) is 1.53. The van der Waals surface area contributed by atoms with Gasteiger partial charge < -0.3 is 10.1 Å². The van der Waals surface area contributed by atoms with Crippen LogP contribution < -0.4 is 10.1 Å². The largest absolute Gasteiger partial charge is 0.496 e. The molecule has 0 heterocycles. The third-order valence-electron chi connectivity index (χ3n) is 3.17. The minimum atomic E-state index is -0.116. The van der Waals surface area contributed by atoms with Crippen LogP contribution in [0.25, 0.3) is 0 Å². The Hall–Kier alpha value is -0.740. The first-order chi connectivity index (χ1) is 9.62. The predicted molar refractivity (Wildman–Crippen MR) is 87.1 cm³/mol. The highest BCUT2D eigenvalue weighted by atomic mass is 79.9. The maximum Gasteiger partial charge on any atom is 0.255 e. The van der Waals surface area contributed by atoms with Gasteiger partial charge in [-0.05, 0) is 37.0 Å². The standard InChI is InChI=1S/C15H21BrClNO2/c1-3-4-11(7-8-16)10-18-15(19)13-6-5-12(17)9-14(13)20-2/h5-6,9,11H,3-4,7-8,10H2,1-2H3,(H,18,19). The first kappa shape index (κ1) is 17.3. The van der Waals surface area contributed by atoms with E-state index in [4.69, 9.17) is 16.3 Å². The highest BCUT2D eigenvalue weighted by Crippen LogP contribution is 2.23. The van der Waals surface area contributed by atoms with E-state index in [1.165, 1.54) is 7.11 Å². The van der Waals surface area contributed by atoms with Crippen molar-refractivity contribution in [2.75, 3.05) is 19.0 Å². The van der Waals surface area contributed by atoms with Gasteiger partial charge in [0, 0.05) is 16.9 Å². The van der Waals surface area contributed by atoms with Crippen LogP contribution in [0.15, 0.2) is 18.2 Å². The molecule has 1 amide bonds. The van der Waals surface area contributed by atoms with Crippen LogP contribution in [0, 0.1) is 5.92 Å². The van der Waals surface area contributed by atoms with E-state index in [-0.39, 0.29) is 5.91 Å². The SMILES string of the molecule is CCCC(CCBr)CNC(=O)c1ccc(Cl)cc1OC. The van der Waals surface area contributed by atoms with Crippen molar-refractivity contribution < 1.29 is 9.53 Å². The summed E-state index contributed by atoms with van der Waals surface area (Å²) in [5.41, 5.74) is 0.519. The monoisotopic (exact) mass is 361 g/mol. The lowest BCUT2D eigenvalue weighted by Gasteiger charge is -2.16.